The van der Waals surface area contributed by atoms with E-state index in [1.807, 2.05) is 0 Å². The molecule has 4 N–H and O–H groups in total. The van der Waals surface area contributed by atoms with Crippen LogP contribution in [0.25, 0.3) is 22.2 Å². The Morgan fingerprint density at radius 3 is 2.37 bits per heavy atom. The standard InChI is InChI=1S/C32H23N7O3S/c33-18-22-19-35-32(37-25-8-6-7-24(17-25)36-31(40)21-13-15-23(34)16-14-21)38-30(22)28-20-39(29-12-5-4-11-27(28)29)43(41,42)26-9-2-1-3-10-26/h1-17,19-20H,34H2,(H,36,40)(H,35,37,38). The van der Waals surface area contributed by atoms with Crippen molar-refractivity contribution >= 4 is 49.8 Å². The topological polar surface area (TPSA) is 156 Å². The number of aromatic nitrogens is 3. The second-order valence-corrected chi connectivity index (χ2v) is 11.3. The molecule has 0 fully saturated rings. The molecule has 43 heavy (non-hydrogen) atoms. The van der Waals surface area contributed by atoms with Gasteiger partial charge in [-0.15, -0.1) is 0 Å². The molecule has 6 rings (SSSR count). The van der Waals surface area contributed by atoms with E-state index >= 15 is 0 Å². The predicted octanol–water partition coefficient (Wildman–Crippen LogP) is 5.79. The number of amides is 1. The van der Waals surface area contributed by atoms with E-state index in [1.165, 1.54) is 28.5 Å². The molecule has 0 atom stereocenters. The van der Waals surface area contributed by atoms with E-state index in [0.29, 0.717) is 39.1 Å². The van der Waals surface area contributed by atoms with Crippen molar-refractivity contribution in [3.8, 4) is 17.3 Å². The number of anilines is 4. The van der Waals surface area contributed by atoms with E-state index in [1.54, 1.807) is 91.0 Å². The summed E-state index contributed by atoms with van der Waals surface area (Å²) in [5.41, 5.74) is 9.21. The van der Waals surface area contributed by atoms with Gasteiger partial charge < -0.3 is 16.4 Å². The van der Waals surface area contributed by atoms with Gasteiger partial charge in [0.1, 0.15) is 6.07 Å². The molecule has 0 bridgehead atoms. The van der Waals surface area contributed by atoms with Crippen molar-refractivity contribution in [1.82, 2.24) is 13.9 Å². The van der Waals surface area contributed by atoms with Gasteiger partial charge in [-0.3, -0.25) is 4.79 Å². The summed E-state index contributed by atoms with van der Waals surface area (Å²) in [7, 11) is -3.93. The Kier molecular flexibility index (Phi) is 7.03. The van der Waals surface area contributed by atoms with Crippen LogP contribution in [0.2, 0.25) is 0 Å². The van der Waals surface area contributed by atoms with Crippen LogP contribution in [-0.4, -0.2) is 28.3 Å². The minimum absolute atomic E-state index is 0.135. The predicted molar refractivity (Wildman–Crippen MR) is 165 cm³/mol. The number of nitriles is 1. The summed E-state index contributed by atoms with van der Waals surface area (Å²) < 4.78 is 28.4. The summed E-state index contributed by atoms with van der Waals surface area (Å²) in [6.45, 7) is 0. The smallest absolute Gasteiger partial charge is 0.268 e. The van der Waals surface area contributed by atoms with Gasteiger partial charge in [0.15, 0.2) is 0 Å². The SMILES string of the molecule is N#Cc1cnc(Nc2cccc(NC(=O)c3ccc(N)cc3)c2)nc1-c1cn(S(=O)(=O)c2ccccc2)c2ccccc12. The number of fused-ring (bicyclic) bond motifs is 1. The molecule has 2 aromatic heterocycles. The molecule has 210 valence electrons. The lowest BCUT2D eigenvalue weighted by molar-refractivity contribution is 0.102. The van der Waals surface area contributed by atoms with Gasteiger partial charge in [0.2, 0.25) is 5.95 Å². The second kappa shape index (κ2) is 11.1. The molecule has 0 unspecified atom stereocenters. The number of nitrogens with two attached hydrogens (primary N) is 1. The number of carbonyl (C=O) groups is 1. The van der Waals surface area contributed by atoms with Crippen LogP contribution in [0.3, 0.4) is 0 Å². The van der Waals surface area contributed by atoms with Gasteiger partial charge in [-0.2, -0.15) is 5.26 Å². The number of carbonyl (C=O) groups excluding carboxylic acids is 1. The first kappa shape index (κ1) is 27.2. The lowest BCUT2D eigenvalue weighted by Gasteiger charge is -2.10. The summed E-state index contributed by atoms with van der Waals surface area (Å²) in [6, 6.07) is 30.9. The Bertz CT molecular complexity index is 2140. The molecule has 0 saturated heterocycles. The van der Waals surface area contributed by atoms with Crippen molar-refractivity contribution in [2.24, 2.45) is 0 Å². The zero-order valence-electron chi connectivity index (χ0n) is 22.5. The summed E-state index contributed by atoms with van der Waals surface area (Å²) in [6.07, 6.45) is 2.86. The fourth-order valence-electron chi connectivity index (χ4n) is 4.61. The molecular weight excluding hydrogens is 562 g/mol. The van der Waals surface area contributed by atoms with Crippen LogP contribution in [-0.2, 0) is 10.0 Å². The van der Waals surface area contributed by atoms with E-state index in [-0.39, 0.29) is 28.0 Å². The zero-order chi connectivity index (χ0) is 30.0. The van der Waals surface area contributed by atoms with Gasteiger partial charge in [0, 0.05) is 39.8 Å². The monoisotopic (exact) mass is 585 g/mol. The maximum absolute atomic E-state index is 13.6. The van der Waals surface area contributed by atoms with E-state index < -0.39 is 10.0 Å². The van der Waals surface area contributed by atoms with Crippen LogP contribution in [0.1, 0.15) is 15.9 Å². The molecular formula is C32H23N7O3S. The number of nitrogens with zero attached hydrogens (tertiary/aromatic N) is 4. The van der Waals surface area contributed by atoms with Crippen molar-refractivity contribution in [2.75, 3.05) is 16.4 Å². The van der Waals surface area contributed by atoms with Crippen molar-refractivity contribution in [2.45, 2.75) is 4.90 Å². The number of para-hydroxylation sites is 1. The van der Waals surface area contributed by atoms with Gasteiger partial charge in [-0.1, -0.05) is 42.5 Å². The van der Waals surface area contributed by atoms with Crippen LogP contribution in [0.15, 0.2) is 120 Å². The highest BCUT2D eigenvalue weighted by Gasteiger charge is 2.23. The number of rotatable bonds is 7. The number of hydrogen-bond donors (Lipinski definition) is 3. The van der Waals surface area contributed by atoms with E-state index in [0.717, 1.165) is 0 Å². The number of hydrogen-bond acceptors (Lipinski definition) is 8. The first-order valence-electron chi connectivity index (χ1n) is 13.1. The molecule has 0 aliphatic heterocycles. The number of benzene rings is 4. The Hall–Kier alpha value is -5.99. The Balaban J connectivity index is 1.35. The fourth-order valence-corrected chi connectivity index (χ4v) is 6.00. The van der Waals surface area contributed by atoms with Crippen LogP contribution in [0.5, 0.6) is 0 Å². The molecule has 0 aliphatic rings. The molecule has 11 heteroatoms. The Labute approximate surface area is 247 Å². The highest BCUT2D eigenvalue weighted by Crippen LogP contribution is 2.34. The maximum Gasteiger partial charge on any atom is 0.268 e. The van der Waals surface area contributed by atoms with E-state index in [4.69, 9.17) is 5.73 Å². The van der Waals surface area contributed by atoms with E-state index in [2.05, 4.69) is 26.7 Å². The van der Waals surface area contributed by atoms with Crippen molar-refractivity contribution in [3.05, 3.63) is 127 Å². The third-order valence-electron chi connectivity index (χ3n) is 6.69. The fraction of sp³-hybridized carbons (Fsp3) is 0. The highest BCUT2D eigenvalue weighted by molar-refractivity contribution is 7.90. The lowest BCUT2D eigenvalue weighted by Crippen LogP contribution is -2.12. The number of nitrogen functional groups attached to an aromatic ring is 1. The molecule has 0 radical (unpaired) electrons. The van der Waals surface area contributed by atoms with Crippen LogP contribution in [0, 0.1) is 11.3 Å². The molecule has 2 heterocycles. The summed E-state index contributed by atoms with van der Waals surface area (Å²) in [4.78, 5) is 21.7. The van der Waals surface area contributed by atoms with Crippen molar-refractivity contribution in [1.29, 1.82) is 5.26 Å². The van der Waals surface area contributed by atoms with Crippen LogP contribution in [0.4, 0.5) is 23.0 Å². The van der Waals surface area contributed by atoms with Crippen molar-refractivity contribution in [3.63, 3.8) is 0 Å². The van der Waals surface area contributed by atoms with Crippen LogP contribution < -0.4 is 16.4 Å². The van der Waals surface area contributed by atoms with Gasteiger partial charge in [-0.25, -0.2) is 22.4 Å². The first-order valence-corrected chi connectivity index (χ1v) is 14.5. The number of nitrogens with one attached hydrogen (secondary N) is 2. The maximum atomic E-state index is 13.6. The largest absolute Gasteiger partial charge is 0.399 e. The van der Waals surface area contributed by atoms with Gasteiger partial charge in [0.05, 0.1) is 27.9 Å². The van der Waals surface area contributed by atoms with E-state index in [9.17, 15) is 18.5 Å². The van der Waals surface area contributed by atoms with Gasteiger partial charge >= 0.3 is 0 Å². The highest BCUT2D eigenvalue weighted by atomic mass is 32.2. The average molecular weight is 586 g/mol. The molecule has 1 amide bonds. The first-order chi connectivity index (χ1) is 20.8. The minimum Gasteiger partial charge on any atom is -0.399 e. The average Bonchev–Trinajstić information content (AvgIpc) is 3.42. The Morgan fingerprint density at radius 2 is 1.60 bits per heavy atom. The normalized spacial score (nSPS) is 11.1. The molecule has 4 aromatic carbocycles. The van der Waals surface area contributed by atoms with Gasteiger partial charge in [0.25, 0.3) is 15.9 Å². The molecule has 0 aliphatic carbocycles. The summed E-state index contributed by atoms with van der Waals surface area (Å²) in [5.74, 6) is -0.116. The molecule has 6 aromatic rings. The molecule has 0 spiro atoms. The molecule has 0 saturated carbocycles. The summed E-state index contributed by atoms with van der Waals surface area (Å²) >= 11 is 0. The Morgan fingerprint density at radius 1 is 0.884 bits per heavy atom. The molecule has 10 nitrogen and oxygen atoms in total. The zero-order valence-corrected chi connectivity index (χ0v) is 23.3. The lowest BCUT2D eigenvalue weighted by atomic mass is 10.1. The second-order valence-electron chi connectivity index (χ2n) is 9.52. The summed E-state index contributed by atoms with van der Waals surface area (Å²) in [5, 5.41) is 16.5. The van der Waals surface area contributed by atoms with Gasteiger partial charge in [-0.05, 0) is 60.7 Å². The quantitative estimate of drug-likeness (QED) is 0.199. The minimum atomic E-state index is -3.93. The third-order valence-corrected chi connectivity index (χ3v) is 8.38. The third kappa shape index (κ3) is 5.38. The van der Waals surface area contributed by atoms with Crippen LogP contribution >= 0.6 is 0 Å². The van der Waals surface area contributed by atoms with Crippen molar-refractivity contribution < 1.29 is 13.2 Å².